The Morgan fingerprint density at radius 1 is 1.00 bits per heavy atom. The molecule has 2 aromatic rings. The highest BCUT2D eigenvalue weighted by molar-refractivity contribution is 9.10. The second-order valence-corrected chi connectivity index (χ2v) is 5.73. The molecular weight excluding hydrogens is 349 g/mol. The van der Waals surface area contributed by atoms with Crippen molar-refractivity contribution in [2.45, 2.75) is 6.42 Å². The van der Waals surface area contributed by atoms with Gasteiger partial charge < -0.3 is 10.5 Å². The van der Waals surface area contributed by atoms with Gasteiger partial charge in [0.1, 0.15) is 11.5 Å². The Morgan fingerprint density at radius 3 is 2.26 bits per heavy atom. The normalized spacial score (nSPS) is 10.5. The number of hydrogen-bond donors (Lipinski definition) is 1. The molecule has 0 heterocycles. The zero-order chi connectivity index (χ0) is 13.8. The van der Waals surface area contributed by atoms with Crippen molar-refractivity contribution in [2.75, 3.05) is 6.54 Å². The largest absolute Gasteiger partial charge is 0.457 e. The third kappa shape index (κ3) is 4.11. The van der Waals surface area contributed by atoms with Crippen LogP contribution in [0.25, 0.3) is 0 Å². The van der Waals surface area contributed by atoms with Crippen LogP contribution in [-0.2, 0) is 6.42 Å². The van der Waals surface area contributed by atoms with Gasteiger partial charge in [0.25, 0.3) is 0 Å². The van der Waals surface area contributed by atoms with Crippen LogP contribution in [0.1, 0.15) is 5.56 Å². The second kappa shape index (κ2) is 6.62. The minimum Gasteiger partial charge on any atom is -0.457 e. The molecule has 2 nitrogen and oxygen atoms in total. The molecule has 19 heavy (non-hydrogen) atoms. The molecule has 0 aliphatic carbocycles. The fraction of sp³-hybridized carbons (Fsp3) is 0.143. The van der Waals surface area contributed by atoms with E-state index in [0.717, 1.165) is 16.5 Å². The fourth-order valence-electron chi connectivity index (χ4n) is 1.67. The molecule has 0 amide bonds. The third-order valence-electron chi connectivity index (χ3n) is 2.51. The molecule has 2 rings (SSSR count). The minimum atomic E-state index is 0.543. The van der Waals surface area contributed by atoms with Gasteiger partial charge in [0.15, 0.2) is 0 Å². The van der Waals surface area contributed by atoms with Crippen molar-refractivity contribution in [3.05, 3.63) is 56.5 Å². The minimum absolute atomic E-state index is 0.543. The van der Waals surface area contributed by atoms with Crippen molar-refractivity contribution >= 4 is 39.1 Å². The van der Waals surface area contributed by atoms with Crippen LogP contribution in [0.5, 0.6) is 11.5 Å². The monoisotopic (exact) mass is 359 g/mol. The van der Waals surface area contributed by atoms with Gasteiger partial charge in [0.2, 0.25) is 0 Å². The maximum Gasteiger partial charge on any atom is 0.130 e. The molecule has 0 aliphatic rings. The summed E-state index contributed by atoms with van der Waals surface area (Å²) >= 11 is 15.4. The molecule has 0 aliphatic heterocycles. The number of benzene rings is 2. The van der Waals surface area contributed by atoms with Crippen LogP contribution in [0.3, 0.4) is 0 Å². The molecule has 5 heteroatoms. The second-order valence-electron chi connectivity index (χ2n) is 4.00. The molecule has 0 saturated carbocycles. The Bertz CT molecular complexity index is 569. The molecule has 2 N–H and O–H groups in total. The van der Waals surface area contributed by atoms with E-state index in [2.05, 4.69) is 15.9 Å². The van der Waals surface area contributed by atoms with E-state index >= 15 is 0 Å². The maximum absolute atomic E-state index is 5.93. The van der Waals surface area contributed by atoms with Crippen molar-refractivity contribution in [1.29, 1.82) is 0 Å². The Morgan fingerprint density at radius 2 is 1.68 bits per heavy atom. The molecule has 0 spiro atoms. The van der Waals surface area contributed by atoms with Gasteiger partial charge in [-0.05, 0) is 48.9 Å². The number of ether oxygens (including phenoxy) is 1. The molecule has 0 bridgehead atoms. The lowest BCUT2D eigenvalue weighted by atomic mass is 10.1. The molecule has 0 radical (unpaired) electrons. The summed E-state index contributed by atoms with van der Waals surface area (Å²) < 4.78 is 6.70. The van der Waals surface area contributed by atoms with Gasteiger partial charge in [-0.3, -0.25) is 0 Å². The van der Waals surface area contributed by atoms with Gasteiger partial charge in [-0.2, -0.15) is 0 Å². The Hall–Kier alpha value is -0.740. The molecule has 100 valence electrons. The topological polar surface area (TPSA) is 35.2 Å². The standard InChI is InChI=1S/C14H12BrCl2NO/c15-14-8-12(2-1-9(14)3-4-18)19-13-6-10(16)5-11(17)7-13/h1-2,5-8H,3-4,18H2. The maximum atomic E-state index is 5.93. The van der Waals surface area contributed by atoms with Crippen molar-refractivity contribution in [2.24, 2.45) is 5.73 Å². The highest BCUT2D eigenvalue weighted by Gasteiger charge is 2.04. The predicted octanol–water partition coefficient (Wildman–Crippen LogP) is 5.05. The Kier molecular flexibility index (Phi) is 5.11. The van der Waals surface area contributed by atoms with E-state index in [4.69, 9.17) is 33.7 Å². The summed E-state index contributed by atoms with van der Waals surface area (Å²) in [7, 11) is 0. The summed E-state index contributed by atoms with van der Waals surface area (Å²) in [5, 5.41) is 1.09. The van der Waals surface area contributed by atoms with Crippen molar-refractivity contribution in [3.8, 4) is 11.5 Å². The van der Waals surface area contributed by atoms with Crippen LogP contribution >= 0.6 is 39.1 Å². The third-order valence-corrected chi connectivity index (χ3v) is 3.68. The van der Waals surface area contributed by atoms with E-state index in [9.17, 15) is 0 Å². The van der Waals surface area contributed by atoms with E-state index in [1.807, 2.05) is 18.2 Å². The van der Waals surface area contributed by atoms with E-state index in [0.29, 0.717) is 28.1 Å². The lowest BCUT2D eigenvalue weighted by molar-refractivity contribution is 0.482. The lowest BCUT2D eigenvalue weighted by Gasteiger charge is -2.09. The summed E-state index contributed by atoms with van der Waals surface area (Å²) in [6.07, 6.45) is 0.823. The van der Waals surface area contributed by atoms with Gasteiger partial charge in [0, 0.05) is 14.5 Å². The zero-order valence-electron chi connectivity index (χ0n) is 10.00. The first kappa shape index (κ1) is 14.7. The van der Waals surface area contributed by atoms with Crippen LogP contribution in [0.2, 0.25) is 10.0 Å². The molecule has 2 aromatic carbocycles. The summed E-state index contributed by atoms with van der Waals surface area (Å²) in [5.74, 6) is 1.32. The molecule has 0 unspecified atom stereocenters. The van der Waals surface area contributed by atoms with Gasteiger partial charge in [-0.25, -0.2) is 0 Å². The number of rotatable bonds is 4. The molecule has 0 saturated heterocycles. The number of nitrogens with two attached hydrogens (primary N) is 1. The van der Waals surface area contributed by atoms with Gasteiger partial charge in [0.05, 0.1) is 0 Å². The highest BCUT2D eigenvalue weighted by atomic mass is 79.9. The lowest BCUT2D eigenvalue weighted by Crippen LogP contribution is -2.03. The first-order valence-electron chi connectivity index (χ1n) is 5.71. The smallest absolute Gasteiger partial charge is 0.130 e. The van der Waals surface area contributed by atoms with Crippen LogP contribution < -0.4 is 10.5 Å². The van der Waals surface area contributed by atoms with Crippen LogP contribution in [-0.4, -0.2) is 6.54 Å². The number of halogens is 3. The highest BCUT2D eigenvalue weighted by Crippen LogP contribution is 2.30. The first-order chi connectivity index (χ1) is 9.08. The zero-order valence-corrected chi connectivity index (χ0v) is 13.1. The molecule has 0 aromatic heterocycles. The fourth-order valence-corrected chi connectivity index (χ4v) is 2.74. The van der Waals surface area contributed by atoms with E-state index < -0.39 is 0 Å². The van der Waals surface area contributed by atoms with Gasteiger partial charge >= 0.3 is 0 Å². The van der Waals surface area contributed by atoms with E-state index in [-0.39, 0.29) is 0 Å². The SMILES string of the molecule is NCCc1ccc(Oc2cc(Cl)cc(Cl)c2)cc1Br. The van der Waals surface area contributed by atoms with E-state index in [1.54, 1.807) is 18.2 Å². The summed E-state index contributed by atoms with van der Waals surface area (Å²) in [5.41, 5.74) is 6.69. The summed E-state index contributed by atoms with van der Waals surface area (Å²) in [6.45, 7) is 0.614. The average molecular weight is 361 g/mol. The predicted molar refractivity (Wildman–Crippen MR) is 83.4 cm³/mol. The first-order valence-corrected chi connectivity index (χ1v) is 7.26. The summed E-state index contributed by atoms with van der Waals surface area (Å²) in [6, 6.07) is 10.9. The van der Waals surface area contributed by atoms with Gasteiger partial charge in [-0.15, -0.1) is 0 Å². The molecular formula is C14H12BrCl2NO. The summed E-state index contributed by atoms with van der Waals surface area (Å²) in [4.78, 5) is 0. The quantitative estimate of drug-likeness (QED) is 0.827. The van der Waals surface area contributed by atoms with E-state index in [1.165, 1.54) is 0 Å². The Labute approximate surface area is 130 Å². The van der Waals surface area contributed by atoms with Crippen molar-refractivity contribution < 1.29 is 4.74 Å². The van der Waals surface area contributed by atoms with Crippen molar-refractivity contribution in [1.82, 2.24) is 0 Å². The number of hydrogen-bond acceptors (Lipinski definition) is 2. The van der Waals surface area contributed by atoms with Crippen LogP contribution in [0, 0.1) is 0 Å². The van der Waals surface area contributed by atoms with Crippen molar-refractivity contribution in [3.63, 3.8) is 0 Å². The van der Waals surface area contributed by atoms with Crippen LogP contribution in [0.4, 0.5) is 0 Å². The van der Waals surface area contributed by atoms with Gasteiger partial charge in [-0.1, -0.05) is 45.2 Å². The average Bonchev–Trinajstić information content (AvgIpc) is 2.31. The Balaban J connectivity index is 2.21. The molecule has 0 atom stereocenters. The molecule has 0 fully saturated rings. The van der Waals surface area contributed by atoms with Crippen LogP contribution in [0.15, 0.2) is 40.9 Å².